The lowest BCUT2D eigenvalue weighted by Gasteiger charge is -2.34. The Bertz CT molecular complexity index is 415. The van der Waals surface area contributed by atoms with E-state index in [-0.39, 0.29) is 0 Å². The maximum absolute atomic E-state index is 11.1. The number of thiophene rings is 1. The van der Waals surface area contributed by atoms with Crippen LogP contribution in [-0.2, 0) is 0 Å². The molecule has 1 amide bonds. The summed E-state index contributed by atoms with van der Waals surface area (Å²) in [5, 5.41) is 23.6. The third-order valence-corrected chi connectivity index (χ3v) is 5.74. The molecule has 0 bridgehead atoms. The first-order valence-electron chi connectivity index (χ1n) is 4.82. The van der Waals surface area contributed by atoms with Crippen LogP contribution in [0.2, 0.25) is 0 Å². The van der Waals surface area contributed by atoms with E-state index >= 15 is 0 Å². The van der Waals surface area contributed by atoms with E-state index in [1.54, 1.807) is 11.4 Å². The minimum absolute atomic E-state index is 0.342. The van der Waals surface area contributed by atoms with Crippen LogP contribution in [0.25, 0.3) is 0 Å². The first kappa shape index (κ1) is 13.0. The molecule has 2 unspecified atom stereocenters. The highest BCUT2D eigenvalue weighted by Gasteiger charge is 2.35. The van der Waals surface area contributed by atoms with Gasteiger partial charge in [0.25, 0.3) is 5.91 Å². The summed E-state index contributed by atoms with van der Waals surface area (Å²) in [5.41, 5.74) is 5.14. The van der Waals surface area contributed by atoms with Gasteiger partial charge < -0.3 is 21.3 Å². The smallest absolute Gasteiger partial charge is 0.251 e. The Morgan fingerprint density at radius 2 is 2.41 bits per heavy atom. The molecule has 5 nitrogen and oxygen atoms in total. The van der Waals surface area contributed by atoms with Crippen molar-refractivity contribution in [3.63, 3.8) is 0 Å². The van der Waals surface area contributed by atoms with Crippen LogP contribution in [0.1, 0.15) is 10.4 Å². The Balaban J connectivity index is 2.09. The molecular weight excluding hydrogens is 280 g/mol. The highest BCUT2D eigenvalue weighted by atomic mass is 32.2. The zero-order valence-corrected chi connectivity index (χ0v) is 11.2. The van der Waals surface area contributed by atoms with Crippen LogP contribution in [0.3, 0.4) is 0 Å². The van der Waals surface area contributed by atoms with E-state index in [9.17, 15) is 15.0 Å². The van der Waals surface area contributed by atoms with E-state index in [2.05, 4.69) is 5.32 Å². The maximum atomic E-state index is 11.1. The number of nitrogens with two attached hydrogens (primary N) is 1. The van der Waals surface area contributed by atoms with Crippen molar-refractivity contribution in [2.24, 2.45) is 5.73 Å². The van der Waals surface area contributed by atoms with E-state index < -0.39 is 16.4 Å². The number of aliphatic hydroxyl groups is 2. The Labute approximate surface area is 111 Å². The van der Waals surface area contributed by atoms with E-state index in [1.807, 2.05) is 0 Å². The molecule has 0 radical (unpaired) electrons. The van der Waals surface area contributed by atoms with Gasteiger partial charge in [-0.25, -0.2) is 0 Å². The molecule has 1 aromatic heterocycles. The summed E-state index contributed by atoms with van der Waals surface area (Å²) in [6, 6.07) is 1.62. The molecule has 94 valence electrons. The van der Waals surface area contributed by atoms with Crippen LogP contribution in [0.5, 0.6) is 0 Å². The standard InChI is InChI=1S/C9H12N2O3S3/c10-7(13)5-1-2-15-8(5)11-9(14)4-16-6(12)3-17-9/h1-2,6,11-12,14H,3-4H2,(H2,10,13). The van der Waals surface area contributed by atoms with Gasteiger partial charge in [0, 0.05) is 5.75 Å². The zero-order chi connectivity index (χ0) is 12.5. The first-order chi connectivity index (χ1) is 8.00. The molecule has 2 rings (SSSR count). The number of nitrogens with one attached hydrogen (secondary N) is 1. The summed E-state index contributed by atoms with van der Waals surface area (Å²) in [4.78, 5) is 11.1. The van der Waals surface area contributed by atoms with Crippen molar-refractivity contribution in [1.82, 2.24) is 0 Å². The summed E-state index contributed by atoms with van der Waals surface area (Å²) in [6.07, 6.45) is 0. The second-order valence-corrected chi connectivity index (χ2v) is 6.89. The van der Waals surface area contributed by atoms with Crippen molar-refractivity contribution in [2.75, 3.05) is 16.8 Å². The lowest BCUT2D eigenvalue weighted by molar-refractivity contribution is 0.100. The summed E-state index contributed by atoms with van der Waals surface area (Å²) >= 11 is 3.81. The fraction of sp³-hybridized carbons (Fsp3) is 0.444. The first-order valence-corrected chi connectivity index (χ1v) is 7.73. The van der Waals surface area contributed by atoms with Crippen molar-refractivity contribution in [3.05, 3.63) is 17.0 Å². The highest BCUT2D eigenvalue weighted by Crippen LogP contribution is 2.38. The van der Waals surface area contributed by atoms with Crippen LogP contribution in [-0.4, -0.2) is 38.1 Å². The van der Waals surface area contributed by atoms with Crippen LogP contribution < -0.4 is 11.1 Å². The molecule has 0 aliphatic carbocycles. The van der Waals surface area contributed by atoms with Crippen molar-refractivity contribution >= 4 is 45.8 Å². The molecule has 1 fully saturated rings. The number of carbonyl (C=O) groups excluding carboxylic acids is 1. The molecular formula is C9H12N2O3S3. The lowest BCUT2D eigenvalue weighted by Crippen LogP contribution is -2.42. The van der Waals surface area contributed by atoms with Gasteiger partial charge >= 0.3 is 0 Å². The number of rotatable bonds is 3. The number of aliphatic hydroxyl groups excluding tert-OH is 1. The van der Waals surface area contributed by atoms with Gasteiger partial charge in [-0.05, 0) is 11.4 Å². The maximum Gasteiger partial charge on any atom is 0.251 e. The lowest BCUT2D eigenvalue weighted by atomic mass is 10.3. The van der Waals surface area contributed by atoms with Gasteiger partial charge in [-0.2, -0.15) is 0 Å². The fourth-order valence-electron chi connectivity index (χ4n) is 1.36. The van der Waals surface area contributed by atoms with Gasteiger partial charge in [0.15, 0.2) is 5.06 Å². The average molecular weight is 292 g/mol. The van der Waals surface area contributed by atoms with E-state index in [0.29, 0.717) is 22.1 Å². The minimum Gasteiger partial charge on any atom is -0.382 e. The molecule has 5 N–H and O–H groups in total. The molecule has 0 spiro atoms. The molecule has 17 heavy (non-hydrogen) atoms. The molecule has 1 aliphatic rings. The normalized spacial score (nSPS) is 28.9. The van der Waals surface area contributed by atoms with Gasteiger partial charge in [-0.15, -0.1) is 34.9 Å². The van der Waals surface area contributed by atoms with Crippen molar-refractivity contribution < 1.29 is 15.0 Å². The van der Waals surface area contributed by atoms with Gasteiger partial charge in [0.2, 0.25) is 0 Å². The Hall–Kier alpha value is -0.410. The summed E-state index contributed by atoms with van der Waals surface area (Å²) in [5.74, 6) is 0.256. The molecule has 1 saturated heterocycles. The average Bonchev–Trinajstić information content (AvgIpc) is 2.71. The van der Waals surface area contributed by atoms with Crippen LogP contribution >= 0.6 is 34.9 Å². The Morgan fingerprint density at radius 1 is 1.65 bits per heavy atom. The molecule has 1 aromatic rings. The molecule has 0 saturated carbocycles. The molecule has 2 atom stereocenters. The second-order valence-electron chi connectivity index (χ2n) is 3.51. The zero-order valence-electron chi connectivity index (χ0n) is 8.75. The number of carbonyl (C=O) groups is 1. The molecule has 2 heterocycles. The van der Waals surface area contributed by atoms with Crippen LogP contribution in [0.4, 0.5) is 5.00 Å². The summed E-state index contributed by atoms with van der Waals surface area (Å²) < 4.78 is 0. The van der Waals surface area contributed by atoms with Crippen LogP contribution in [0, 0.1) is 0 Å². The number of thioether (sulfide) groups is 2. The summed E-state index contributed by atoms with van der Waals surface area (Å²) in [7, 11) is 0. The second kappa shape index (κ2) is 5.07. The van der Waals surface area contributed by atoms with Gasteiger partial charge in [0.1, 0.15) is 10.4 Å². The van der Waals surface area contributed by atoms with Gasteiger partial charge in [0.05, 0.1) is 11.3 Å². The minimum atomic E-state index is -1.17. The quantitative estimate of drug-likeness (QED) is 0.613. The topological polar surface area (TPSA) is 95.6 Å². The van der Waals surface area contributed by atoms with E-state index in [4.69, 9.17) is 5.73 Å². The fourth-order valence-corrected chi connectivity index (χ4v) is 4.50. The Morgan fingerprint density at radius 3 is 3.00 bits per heavy atom. The monoisotopic (exact) mass is 292 g/mol. The van der Waals surface area contributed by atoms with Crippen molar-refractivity contribution in [1.29, 1.82) is 0 Å². The number of hydrogen-bond donors (Lipinski definition) is 4. The van der Waals surface area contributed by atoms with Crippen LogP contribution in [0.15, 0.2) is 11.4 Å². The molecule has 1 aliphatic heterocycles. The van der Waals surface area contributed by atoms with Crippen molar-refractivity contribution in [3.8, 4) is 0 Å². The number of anilines is 1. The SMILES string of the molecule is NC(=O)c1ccsc1NC1(O)CSC(O)CS1. The molecule has 8 heteroatoms. The number of amides is 1. The largest absolute Gasteiger partial charge is 0.382 e. The number of primary amides is 1. The predicted molar refractivity (Wildman–Crippen MR) is 72.3 cm³/mol. The van der Waals surface area contributed by atoms with E-state index in [1.165, 1.54) is 34.9 Å². The van der Waals surface area contributed by atoms with E-state index in [0.717, 1.165) is 0 Å². The highest BCUT2D eigenvalue weighted by molar-refractivity contribution is 8.07. The molecule has 0 aromatic carbocycles. The van der Waals surface area contributed by atoms with Gasteiger partial charge in [-0.3, -0.25) is 4.79 Å². The predicted octanol–water partition coefficient (Wildman–Crippen LogP) is 0.703. The van der Waals surface area contributed by atoms with Gasteiger partial charge in [-0.1, -0.05) is 0 Å². The third kappa shape index (κ3) is 3.08. The summed E-state index contributed by atoms with van der Waals surface area (Å²) in [6.45, 7) is 0. The third-order valence-electron chi connectivity index (χ3n) is 2.18. The van der Waals surface area contributed by atoms with Crippen molar-refractivity contribution in [2.45, 2.75) is 10.5 Å². The number of hydrogen-bond acceptors (Lipinski definition) is 7. The Kier molecular flexibility index (Phi) is 3.88.